The van der Waals surface area contributed by atoms with E-state index in [-0.39, 0.29) is 0 Å². The predicted octanol–water partition coefficient (Wildman–Crippen LogP) is 2.03. The average Bonchev–Trinajstić information content (AvgIpc) is 1.86. The van der Waals surface area contributed by atoms with Crippen molar-refractivity contribution in [2.45, 2.75) is 11.0 Å². The lowest BCUT2D eigenvalue weighted by Crippen LogP contribution is -1.79. The van der Waals surface area contributed by atoms with E-state index in [0.717, 1.165) is 0 Å². The van der Waals surface area contributed by atoms with Crippen LogP contribution in [0.15, 0.2) is 0 Å². The summed E-state index contributed by atoms with van der Waals surface area (Å²) in [5.41, 5.74) is 0. The fourth-order valence-corrected chi connectivity index (χ4v) is 3.46. The molecular formula is C3H6S3. The van der Waals surface area contributed by atoms with Crippen LogP contribution in [0.4, 0.5) is 0 Å². The summed E-state index contributed by atoms with van der Waals surface area (Å²) in [6.45, 7) is 0. The van der Waals surface area contributed by atoms with Crippen LogP contribution in [0.25, 0.3) is 0 Å². The van der Waals surface area contributed by atoms with Crippen LogP contribution in [0.2, 0.25) is 0 Å². The highest BCUT2D eigenvalue weighted by Crippen LogP contribution is 2.38. The molecule has 1 aliphatic rings. The minimum Gasteiger partial charge on any atom is -0.164 e. The van der Waals surface area contributed by atoms with Crippen molar-refractivity contribution in [3.8, 4) is 0 Å². The van der Waals surface area contributed by atoms with Crippen LogP contribution < -0.4 is 0 Å². The van der Waals surface area contributed by atoms with Gasteiger partial charge >= 0.3 is 0 Å². The third kappa shape index (κ3) is 1.28. The molecule has 0 bridgehead atoms. The van der Waals surface area contributed by atoms with E-state index in [9.17, 15) is 0 Å². The number of hydrogen-bond donors (Lipinski definition) is 1. The lowest BCUT2D eigenvalue weighted by Gasteiger charge is -1.88. The molecule has 1 fully saturated rings. The fourth-order valence-electron chi connectivity index (χ4n) is 0.324. The Balaban J connectivity index is 2.18. The van der Waals surface area contributed by atoms with E-state index >= 15 is 0 Å². The molecule has 1 saturated heterocycles. The van der Waals surface area contributed by atoms with E-state index in [1.165, 1.54) is 12.2 Å². The zero-order valence-electron chi connectivity index (χ0n) is 3.26. The first-order valence-electron chi connectivity index (χ1n) is 1.86. The van der Waals surface area contributed by atoms with Crippen LogP contribution in [0.3, 0.4) is 0 Å². The van der Waals surface area contributed by atoms with Crippen LogP contribution in [0.1, 0.15) is 6.42 Å². The molecule has 0 aromatic carbocycles. The molecule has 36 valence electrons. The second-order valence-electron chi connectivity index (χ2n) is 1.16. The first kappa shape index (κ1) is 5.19. The highest BCUT2D eigenvalue weighted by molar-refractivity contribution is 8.78. The van der Waals surface area contributed by atoms with E-state index in [1.54, 1.807) is 0 Å². The van der Waals surface area contributed by atoms with Crippen LogP contribution in [-0.2, 0) is 0 Å². The molecule has 3 heteroatoms. The molecule has 0 nitrogen and oxygen atoms in total. The van der Waals surface area contributed by atoms with E-state index in [2.05, 4.69) is 12.6 Å². The lowest BCUT2D eigenvalue weighted by atomic mass is 10.6. The van der Waals surface area contributed by atoms with Crippen molar-refractivity contribution in [3.05, 3.63) is 0 Å². The summed E-state index contributed by atoms with van der Waals surface area (Å²) in [6.07, 6.45) is 1.28. The summed E-state index contributed by atoms with van der Waals surface area (Å²) in [5.74, 6) is 1.29. The van der Waals surface area contributed by atoms with Crippen molar-refractivity contribution >= 4 is 34.2 Å². The van der Waals surface area contributed by atoms with E-state index in [0.29, 0.717) is 4.58 Å². The Morgan fingerprint density at radius 3 is 2.67 bits per heavy atom. The maximum atomic E-state index is 4.23. The highest BCUT2D eigenvalue weighted by Gasteiger charge is 2.09. The van der Waals surface area contributed by atoms with Gasteiger partial charge in [-0.15, -0.1) is 0 Å². The molecule has 0 radical (unpaired) electrons. The average molecular weight is 138 g/mol. The summed E-state index contributed by atoms with van der Waals surface area (Å²) >= 11 is 4.23. The van der Waals surface area contributed by atoms with Gasteiger partial charge in [0.2, 0.25) is 0 Å². The van der Waals surface area contributed by atoms with Crippen molar-refractivity contribution in [1.82, 2.24) is 0 Å². The number of rotatable bonds is 0. The Hall–Kier alpha value is 1.05. The van der Waals surface area contributed by atoms with E-state index < -0.39 is 0 Å². The minimum atomic E-state index is 0.620. The molecule has 1 unspecified atom stereocenters. The van der Waals surface area contributed by atoms with Crippen molar-refractivity contribution < 1.29 is 0 Å². The molecule has 0 N–H and O–H groups in total. The second-order valence-corrected chi connectivity index (χ2v) is 4.82. The van der Waals surface area contributed by atoms with Gasteiger partial charge in [0.05, 0.1) is 4.58 Å². The first-order valence-corrected chi connectivity index (χ1v) is 4.76. The normalized spacial score (nSPS) is 34.5. The van der Waals surface area contributed by atoms with Crippen molar-refractivity contribution in [2.75, 3.05) is 5.75 Å². The molecule has 0 aliphatic carbocycles. The summed E-state index contributed by atoms with van der Waals surface area (Å²) in [5, 5.41) is 0. The van der Waals surface area contributed by atoms with Crippen LogP contribution in [0.5, 0.6) is 0 Å². The topological polar surface area (TPSA) is 0 Å². The summed E-state index contributed by atoms with van der Waals surface area (Å²) in [4.78, 5) is 0. The van der Waals surface area contributed by atoms with E-state index in [4.69, 9.17) is 0 Å². The van der Waals surface area contributed by atoms with Gasteiger partial charge in [0.15, 0.2) is 0 Å². The van der Waals surface area contributed by atoms with Crippen molar-refractivity contribution in [3.63, 3.8) is 0 Å². The Kier molecular flexibility index (Phi) is 2.06. The van der Waals surface area contributed by atoms with Gasteiger partial charge in [0, 0.05) is 5.75 Å². The van der Waals surface area contributed by atoms with Gasteiger partial charge in [0.1, 0.15) is 0 Å². The Labute approximate surface area is 51.3 Å². The second kappa shape index (κ2) is 2.38. The zero-order chi connectivity index (χ0) is 4.41. The lowest BCUT2D eigenvalue weighted by molar-refractivity contribution is 1.10. The summed E-state index contributed by atoms with van der Waals surface area (Å²) in [7, 11) is 3.80. The predicted molar refractivity (Wildman–Crippen MR) is 37.4 cm³/mol. The quantitative estimate of drug-likeness (QED) is 0.402. The molecule has 1 atom stereocenters. The van der Waals surface area contributed by atoms with Gasteiger partial charge in [0.25, 0.3) is 0 Å². The third-order valence-electron chi connectivity index (χ3n) is 0.627. The largest absolute Gasteiger partial charge is 0.164 e. The summed E-state index contributed by atoms with van der Waals surface area (Å²) < 4.78 is 0.620. The fraction of sp³-hybridized carbons (Fsp3) is 1.00. The molecule has 0 aromatic rings. The van der Waals surface area contributed by atoms with E-state index in [1.807, 2.05) is 21.6 Å². The van der Waals surface area contributed by atoms with Crippen molar-refractivity contribution in [2.24, 2.45) is 0 Å². The number of thiol groups is 1. The van der Waals surface area contributed by atoms with Crippen LogP contribution in [-0.4, -0.2) is 10.3 Å². The molecule has 0 saturated carbocycles. The van der Waals surface area contributed by atoms with Gasteiger partial charge < -0.3 is 0 Å². The van der Waals surface area contributed by atoms with Crippen LogP contribution >= 0.6 is 34.2 Å². The third-order valence-corrected chi connectivity index (χ3v) is 4.23. The van der Waals surface area contributed by atoms with Gasteiger partial charge in [-0.1, -0.05) is 21.6 Å². The molecular weight excluding hydrogens is 132 g/mol. The van der Waals surface area contributed by atoms with Gasteiger partial charge in [-0.05, 0) is 6.42 Å². The Morgan fingerprint density at radius 2 is 2.50 bits per heavy atom. The van der Waals surface area contributed by atoms with Crippen LogP contribution in [0, 0.1) is 0 Å². The maximum absolute atomic E-state index is 4.23. The molecule has 1 rings (SSSR count). The Bertz CT molecular complexity index is 39.3. The summed E-state index contributed by atoms with van der Waals surface area (Å²) in [6, 6.07) is 0. The zero-order valence-corrected chi connectivity index (χ0v) is 5.78. The maximum Gasteiger partial charge on any atom is 0.0584 e. The molecule has 0 amide bonds. The molecule has 1 aliphatic heterocycles. The smallest absolute Gasteiger partial charge is 0.0584 e. The van der Waals surface area contributed by atoms with Gasteiger partial charge in [-0.3, -0.25) is 0 Å². The minimum absolute atomic E-state index is 0.620. The molecule has 0 spiro atoms. The van der Waals surface area contributed by atoms with Gasteiger partial charge in [-0.2, -0.15) is 12.6 Å². The molecule has 6 heavy (non-hydrogen) atoms. The monoisotopic (exact) mass is 138 g/mol. The van der Waals surface area contributed by atoms with Crippen molar-refractivity contribution in [1.29, 1.82) is 0 Å². The first-order chi connectivity index (χ1) is 2.89. The molecule has 0 aromatic heterocycles. The standard InChI is InChI=1S/C3H6S3/c4-3-1-2-5-6-3/h3-4H,1-2H2. The molecule has 1 heterocycles. The van der Waals surface area contributed by atoms with Gasteiger partial charge in [-0.25, -0.2) is 0 Å². The Morgan fingerprint density at radius 1 is 1.67 bits per heavy atom. The highest BCUT2D eigenvalue weighted by atomic mass is 33.1. The SMILES string of the molecule is SC1CCSS1. The number of hydrogen-bond acceptors (Lipinski definition) is 3.